The van der Waals surface area contributed by atoms with Crippen LogP contribution in [0.2, 0.25) is 0 Å². The molecule has 0 bridgehead atoms. The fraction of sp³-hybridized carbons (Fsp3) is 0.462. The average Bonchev–Trinajstić information content (AvgIpc) is 2.32. The largest absolute Gasteiger partial charge is 0.467 e. The van der Waals surface area contributed by atoms with E-state index in [9.17, 15) is 13.6 Å². The topological polar surface area (TPSA) is 38.3 Å². The van der Waals surface area contributed by atoms with Crippen LogP contribution < -0.4 is 5.32 Å². The van der Waals surface area contributed by atoms with Crippen molar-refractivity contribution < 1.29 is 18.3 Å². The van der Waals surface area contributed by atoms with Crippen molar-refractivity contribution in [3.8, 4) is 0 Å². The molecule has 0 amide bonds. The monoisotopic (exact) mass is 257 g/mol. The molecule has 1 aromatic rings. The predicted octanol–water partition coefficient (Wildman–Crippen LogP) is 2.27. The molecular weight excluding hydrogens is 240 g/mol. The summed E-state index contributed by atoms with van der Waals surface area (Å²) in [5, 5.41) is 2.83. The van der Waals surface area contributed by atoms with Gasteiger partial charge in [-0.25, -0.2) is 13.6 Å². The van der Waals surface area contributed by atoms with Crippen molar-refractivity contribution >= 4 is 5.97 Å². The number of methoxy groups -OCH3 is 1. The number of hydrogen-bond acceptors (Lipinski definition) is 3. The van der Waals surface area contributed by atoms with Gasteiger partial charge in [-0.2, -0.15) is 0 Å². The molecule has 0 aliphatic rings. The van der Waals surface area contributed by atoms with Gasteiger partial charge in [0.1, 0.15) is 17.2 Å². The zero-order valence-corrected chi connectivity index (χ0v) is 10.9. The molecule has 0 aliphatic heterocycles. The van der Waals surface area contributed by atoms with Crippen LogP contribution in [0.25, 0.3) is 0 Å². The van der Waals surface area contributed by atoms with Crippen LogP contribution in [-0.2, 0) is 15.1 Å². The Hall–Kier alpha value is -1.49. The van der Waals surface area contributed by atoms with E-state index < -0.39 is 23.1 Å². The first-order chi connectivity index (χ1) is 8.36. The molecule has 18 heavy (non-hydrogen) atoms. The molecule has 0 aromatic heterocycles. The van der Waals surface area contributed by atoms with Gasteiger partial charge < -0.3 is 4.74 Å². The van der Waals surface area contributed by atoms with E-state index in [4.69, 9.17) is 0 Å². The maximum atomic E-state index is 13.9. The Morgan fingerprint density at radius 1 is 1.39 bits per heavy atom. The third kappa shape index (κ3) is 2.51. The summed E-state index contributed by atoms with van der Waals surface area (Å²) in [4.78, 5) is 11.8. The van der Waals surface area contributed by atoms with Crippen molar-refractivity contribution in [1.82, 2.24) is 5.32 Å². The molecule has 0 heterocycles. The van der Waals surface area contributed by atoms with Gasteiger partial charge in [0.25, 0.3) is 0 Å². The third-order valence-electron chi connectivity index (χ3n) is 2.91. The molecule has 1 atom stereocenters. The highest BCUT2D eigenvalue weighted by Crippen LogP contribution is 2.27. The van der Waals surface area contributed by atoms with Crippen molar-refractivity contribution in [1.29, 1.82) is 0 Å². The molecule has 3 nitrogen and oxygen atoms in total. The van der Waals surface area contributed by atoms with Crippen molar-refractivity contribution in [3.05, 3.63) is 34.9 Å². The SMILES string of the molecule is CCNC(C)(C(=O)OC)c1cc(F)c(C)cc1F. The number of carbonyl (C=O) groups is 1. The minimum absolute atomic E-state index is 0.0562. The lowest BCUT2D eigenvalue weighted by Crippen LogP contribution is -2.48. The Balaban J connectivity index is 3.38. The summed E-state index contributed by atoms with van der Waals surface area (Å²) >= 11 is 0. The molecule has 0 saturated carbocycles. The van der Waals surface area contributed by atoms with Gasteiger partial charge in [-0.15, -0.1) is 0 Å². The molecule has 1 rings (SSSR count). The first-order valence-electron chi connectivity index (χ1n) is 5.66. The van der Waals surface area contributed by atoms with Crippen LogP contribution in [0.15, 0.2) is 12.1 Å². The molecule has 0 fully saturated rings. The predicted molar refractivity (Wildman–Crippen MR) is 64.1 cm³/mol. The normalized spacial score (nSPS) is 14.1. The fourth-order valence-corrected chi connectivity index (χ4v) is 1.86. The van der Waals surface area contributed by atoms with Gasteiger partial charge >= 0.3 is 5.97 Å². The maximum absolute atomic E-state index is 13.9. The van der Waals surface area contributed by atoms with Gasteiger partial charge in [-0.05, 0) is 38.1 Å². The lowest BCUT2D eigenvalue weighted by molar-refractivity contribution is -0.148. The van der Waals surface area contributed by atoms with E-state index in [1.807, 2.05) is 0 Å². The minimum Gasteiger partial charge on any atom is -0.467 e. The number of ether oxygens (including phenoxy) is 1. The van der Waals surface area contributed by atoms with E-state index in [1.165, 1.54) is 21.0 Å². The average molecular weight is 257 g/mol. The minimum atomic E-state index is -1.40. The van der Waals surface area contributed by atoms with Gasteiger partial charge in [0.15, 0.2) is 0 Å². The number of rotatable bonds is 4. The third-order valence-corrected chi connectivity index (χ3v) is 2.91. The van der Waals surface area contributed by atoms with Crippen LogP contribution in [0.5, 0.6) is 0 Å². The molecule has 0 radical (unpaired) electrons. The molecule has 1 aromatic carbocycles. The standard InChI is InChI=1S/C13H17F2NO2/c1-5-16-13(3,12(17)18-4)9-7-10(14)8(2)6-11(9)15/h6-7,16H,5H2,1-4H3. The van der Waals surface area contributed by atoms with Crippen LogP contribution in [0, 0.1) is 18.6 Å². The first kappa shape index (κ1) is 14.6. The summed E-state index contributed by atoms with van der Waals surface area (Å²) in [5.41, 5.74) is -1.26. The summed E-state index contributed by atoms with van der Waals surface area (Å²) in [6, 6.07) is 2.10. The Kier molecular flexibility index (Phi) is 4.40. The molecule has 0 saturated heterocycles. The summed E-state index contributed by atoms with van der Waals surface area (Å²) in [6.07, 6.45) is 0. The van der Waals surface area contributed by atoms with Crippen LogP contribution in [0.3, 0.4) is 0 Å². The molecule has 1 N–H and O–H groups in total. The Labute approximate surface area is 105 Å². The van der Waals surface area contributed by atoms with Gasteiger partial charge in [0.05, 0.1) is 7.11 Å². The van der Waals surface area contributed by atoms with Crippen LogP contribution in [-0.4, -0.2) is 19.6 Å². The van der Waals surface area contributed by atoms with E-state index in [0.717, 1.165) is 12.1 Å². The van der Waals surface area contributed by atoms with E-state index in [0.29, 0.717) is 6.54 Å². The van der Waals surface area contributed by atoms with Crippen LogP contribution in [0.1, 0.15) is 25.0 Å². The summed E-state index contributed by atoms with van der Waals surface area (Å²) in [5.74, 6) is -1.85. The molecule has 1 unspecified atom stereocenters. The number of hydrogen-bond donors (Lipinski definition) is 1. The van der Waals surface area contributed by atoms with Gasteiger partial charge in [0, 0.05) is 5.56 Å². The number of carbonyl (C=O) groups excluding carboxylic acids is 1. The Morgan fingerprint density at radius 3 is 2.50 bits per heavy atom. The fourth-order valence-electron chi connectivity index (χ4n) is 1.86. The van der Waals surface area contributed by atoms with Crippen molar-refractivity contribution in [2.75, 3.05) is 13.7 Å². The number of nitrogens with one attached hydrogen (secondary N) is 1. The van der Waals surface area contributed by atoms with Gasteiger partial charge in [0.2, 0.25) is 0 Å². The van der Waals surface area contributed by atoms with Crippen molar-refractivity contribution in [2.24, 2.45) is 0 Å². The maximum Gasteiger partial charge on any atom is 0.330 e. The number of halogens is 2. The highest BCUT2D eigenvalue weighted by molar-refractivity contribution is 5.82. The Morgan fingerprint density at radius 2 is 2.00 bits per heavy atom. The highest BCUT2D eigenvalue weighted by Gasteiger charge is 2.38. The lowest BCUT2D eigenvalue weighted by atomic mass is 9.90. The quantitative estimate of drug-likeness (QED) is 0.841. The molecular formula is C13H17F2NO2. The molecule has 0 aliphatic carbocycles. The van der Waals surface area contributed by atoms with E-state index in [2.05, 4.69) is 10.1 Å². The Bertz CT molecular complexity index is 463. The van der Waals surface area contributed by atoms with Crippen molar-refractivity contribution in [3.63, 3.8) is 0 Å². The zero-order chi connectivity index (χ0) is 13.9. The summed E-state index contributed by atoms with van der Waals surface area (Å²) < 4.78 is 32.1. The second-order valence-corrected chi connectivity index (χ2v) is 4.23. The zero-order valence-electron chi connectivity index (χ0n) is 10.9. The number of likely N-dealkylation sites (N-methyl/N-ethyl adjacent to an activating group) is 1. The summed E-state index contributed by atoms with van der Waals surface area (Å²) in [6.45, 7) is 5.12. The second-order valence-electron chi connectivity index (χ2n) is 4.23. The van der Waals surface area contributed by atoms with Crippen LogP contribution >= 0.6 is 0 Å². The van der Waals surface area contributed by atoms with Crippen molar-refractivity contribution in [2.45, 2.75) is 26.3 Å². The molecule has 5 heteroatoms. The van der Waals surface area contributed by atoms with E-state index in [-0.39, 0.29) is 11.1 Å². The molecule has 0 spiro atoms. The highest BCUT2D eigenvalue weighted by atomic mass is 19.1. The van der Waals surface area contributed by atoms with Gasteiger partial charge in [-0.1, -0.05) is 6.92 Å². The second kappa shape index (κ2) is 5.44. The summed E-state index contributed by atoms with van der Waals surface area (Å²) in [7, 11) is 1.21. The number of esters is 1. The number of benzene rings is 1. The number of aryl methyl sites for hydroxylation is 1. The van der Waals surface area contributed by atoms with Crippen LogP contribution in [0.4, 0.5) is 8.78 Å². The smallest absolute Gasteiger partial charge is 0.330 e. The lowest BCUT2D eigenvalue weighted by Gasteiger charge is -2.28. The first-order valence-corrected chi connectivity index (χ1v) is 5.66. The van der Waals surface area contributed by atoms with E-state index >= 15 is 0 Å². The molecule has 100 valence electrons. The van der Waals surface area contributed by atoms with E-state index in [1.54, 1.807) is 6.92 Å². The van der Waals surface area contributed by atoms with Gasteiger partial charge in [-0.3, -0.25) is 5.32 Å².